The highest BCUT2D eigenvalue weighted by Crippen LogP contribution is 2.22. The average molecular weight is 542 g/mol. The molecule has 0 aliphatic carbocycles. The Bertz CT molecular complexity index is 1200. The molecule has 0 fully saturated rings. The molecule has 0 aromatic heterocycles. The first kappa shape index (κ1) is 30.1. The van der Waals surface area contributed by atoms with Crippen molar-refractivity contribution in [1.82, 2.24) is 10.2 Å². The first-order chi connectivity index (χ1) is 17.1. The monoisotopic (exact) mass is 541 g/mol. The molecule has 1 atom stereocenters. The van der Waals surface area contributed by atoms with Crippen molar-refractivity contribution in [2.24, 2.45) is 0 Å². The molecule has 0 aliphatic heterocycles. The summed E-state index contributed by atoms with van der Waals surface area (Å²) in [4.78, 5) is 27.8. The molecule has 0 heterocycles. The standard InChI is InChI=1S/C26H34F3N3O4S/c1-6-23(25(34)30-26(2,3)4)31(17-18-9-11-19(27)12-10-18)24(33)8-7-15-32(37(5,35)36)20-13-14-21(28)22(29)16-20/h9-14,16,23H,6-8,15,17H2,1-5H3,(H,30,34)/t23-/m1/s1. The zero-order chi connectivity index (χ0) is 28.0. The van der Waals surface area contributed by atoms with E-state index < -0.39 is 45.0 Å². The minimum atomic E-state index is -3.85. The molecule has 2 aromatic carbocycles. The summed E-state index contributed by atoms with van der Waals surface area (Å²) >= 11 is 0. The summed E-state index contributed by atoms with van der Waals surface area (Å²) in [5.74, 6) is -3.48. The Morgan fingerprint density at radius 3 is 2.14 bits per heavy atom. The van der Waals surface area contributed by atoms with Crippen LogP contribution in [-0.2, 0) is 26.2 Å². The van der Waals surface area contributed by atoms with Crippen molar-refractivity contribution in [3.05, 3.63) is 65.5 Å². The summed E-state index contributed by atoms with van der Waals surface area (Å²) < 4.78 is 66.0. The van der Waals surface area contributed by atoms with Crippen LogP contribution in [0.3, 0.4) is 0 Å². The number of carbonyl (C=O) groups excluding carboxylic acids is 2. The molecule has 0 unspecified atom stereocenters. The smallest absolute Gasteiger partial charge is 0.243 e. The van der Waals surface area contributed by atoms with E-state index in [0.29, 0.717) is 12.0 Å². The predicted octanol–water partition coefficient (Wildman–Crippen LogP) is 4.37. The maximum atomic E-state index is 13.7. The van der Waals surface area contributed by atoms with Gasteiger partial charge in [0.05, 0.1) is 11.9 Å². The van der Waals surface area contributed by atoms with Crippen LogP contribution in [0.2, 0.25) is 0 Å². The molecule has 0 aliphatic rings. The van der Waals surface area contributed by atoms with Crippen LogP contribution in [0.1, 0.15) is 52.5 Å². The fourth-order valence-electron chi connectivity index (χ4n) is 3.80. The first-order valence-corrected chi connectivity index (χ1v) is 13.8. The molecule has 1 N–H and O–H groups in total. The third-order valence-corrected chi connectivity index (χ3v) is 6.69. The zero-order valence-corrected chi connectivity index (χ0v) is 22.5. The molecule has 0 radical (unpaired) electrons. The van der Waals surface area contributed by atoms with Crippen molar-refractivity contribution in [3.8, 4) is 0 Å². The minimum absolute atomic E-state index is 0.0497. The Morgan fingerprint density at radius 1 is 1.00 bits per heavy atom. The van der Waals surface area contributed by atoms with Crippen molar-refractivity contribution in [3.63, 3.8) is 0 Å². The number of carbonyl (C=O) groups is 2. The normalized spacial score (nSPS) is 12.6. The topological polar surface area (TPSA) is 86.8 Å². The number of hydrogen-bond acceptors (Lipinski definition) is 4. The summed E-state index contributed by atoms with van der Waals surface area (Å²) in [5.41, 5.74) is 0.0273. The summed E-state index contributed by atoms with van der Waals surface area (Å²) in [6, 6.07) is 7.53. The molecular formula is C26H34F3N3O4S. The second-order valence-electron chi connectivity index (χ2n) is 9.85. The lowest BCUT2D eigenvalue weighted by atomic mass is 10.0. The SMILES string of the molecule is CC[C@H](C(=O)NC(C)(C)C)N(Cc1ccc(F)cc1)C(=O)CCCN(c1ccc(F)c(F)c1)S(C)(=O)=O. The summed E-state index contributed by atoms with van der Waals surface area (Å²) in [7, 11) is -3.85. The molecule has 7 nitrogen and oxygen atoms in total. The van der Waals surface area contributed by atoms with E-state index in [1.165, 1.54) is 29.2 Å². The molecule has 0 spiro atoms. The summed E-state index contributed by atoms with van der Waals surface area (Å²) in [6.07, 6.45) is 1.19. The van der Waals surface area contributed by atoms with Crippen molar-refractivity contribution in [1.29, 1.82) is 0 Å². The largest absolute Gasteiger partial charge is 0.350 e. The number of nitrogens with one attached hydrogen (secondary N) is 1. The van der Waals surface area contributed by atoms with Gasteiger partial charge in [0.15, 0.2) is 11.6 Å². The van der Waals surface area contributed by atoms with Crippen LogP contribution in [0.4, 0.5) is 18.9 Å². The average Bonchev–Trinajstić information content (AvgIpc) is 2.77. The molecule has 2 rings (SSSR count). The zero-order valence-electron chi connectivity index (χ0n) is 21.7. The Kier molecular flexibility index (Phi) is 10.1. The minimum Gasteiger partial charge on any atom is -0.350 e. The van der Waals surface area contributed by atoms with Gasteiger partial charge in [-0.1, -0.05) is 19.1 Å². The Labute approximate surface area is 216 Å². The van der Waals surface area contributed by atoms with E-state index in [-0.39, 0.29) is 37.5 Å². The van der Waals surface area contributed by atoms with E-state index in [4.69, 9.17) is 0 Å². The van der Waals surface area contributed by atoms with Crippen molar-refractivity contribution in [2.45, 2.75) is 65.1 Å². The highest BCUT2D eigenvalue weighted by Gasteiger charge is 2.30. The molecular weight excluding hydrogens is 507 g/mol. The van der Waals surface area contributed by atoms with Gasteiger partial charge in [-0.25, -0.2) is 21.6 Å². The Balaban J connectivity index is 2.25. The van der Waals surface area contributed by atoms with Gasteiger partial charge in [0, 0.05) is 31.1 Å². The van der Waals surface area contributed by atoms with Crippen LogP contribution in [0.15, 0.2) is 42.5 Å². The number of hydrogen-bond donors (Lipinski definition) is 1. The maximum absolute atomic E-state index is 13.7. The molecule has 0 saturated heterocycles. The van der Waals surface area contributed by atoms with Gasteiger partial charge in [-0.15, -0.1) is 0 Å². The van der Waals surface area contributed by atoms with E-state index in [2.05, 4.69) is 5.32 Å². The number of nitrogens with zero attached hydrogens (tertiary/aromatic N) is 2. The Morgan fingerprint density at radius 2 is 1.62 bits per heavy atom. The lowest BCUT2D eigenvalue weighted by Crippen LogP contribution is -2.53. The van der Waals surface area contributed by atoms with E-state index in [1.54, 1.807) is 6.92 Å². The number of sulfonamides is 1. The number of benzene rings is 2. The highest BCUT2D eigenvalue weighted by atomic mass is 32.2. The van der Waals surface area contributed by atoms with E-state index in [9.17, 15) is 31.2 Å². The number of amides is 2. The van der Waals surface area contributed by atoms with Crippen LogP contribution in [0.25, 0.3) is 0 Å². The van der Waals surface area contributed by atoms with E-state index in [0.717, 1.165) is 28.8 Å². The first-order valence-electron chi connectivity index (χ1n) is 11.9. The highest BCUT2D eigenvalue weighted by molar-refractivity contribution is 7.92. The van der Waals surface area contributed by atoms with Crippen molar-refractivity contribution >= 4 is 27.5 Å². The lowest BCUT2D eigenvalue weighted by Gasteiger charge is -2.33. The summed E-state index contributed by atoms with van der Waals surface area (Å²) in [5, 5.41) is 2.88. The quantitative estimate of drug-likeness (QED) is 0.458. The second kappa shape index (κ2) is 12.4. The third kappa shape index (κ3) is 9.07. The van der Waals surface area contributed by atoms with Gasteiger partial charge in [-0.05, 0) is 63.4 Å². The van der Waals surface area contributed by atoms with Gasteiger partial charge in [0.1, 0.15) is 11.9 Å². The van der Waals surface area contributed by atoms with Crippen LogP contribution in [-0.4, -0.2) is 49.5 Å². The molecule has 0 saturated carbocycles. The molecule has 2 amide bonds. The predicted molar refractivity (Wildman–Crippen MR) is 137 cm³/mol. The lowest BCUT2D eigenvalue weighted by molar-refractivity contribution is -0.142. The van der Waals surface area contributed by atoms with Crippen LogP contribution in [0.5, 0.6) is 0 Å². The number of rotatable bonds is 11. The molecule has 11 heteroatoms. The number of anilines is 1. The second-order valence-corrected chi connectivity index (χ2v) is 11.8. The number of halogens is 3. The van der Waals surface area contributed by atoms with Crippen LogP contribution in [0, 0.1) is 17.5 Å². The fourth-order valence-corrected chi connectivity index (χ4v) is 4.76. The Hall–Kier alpha value is -3.08. The van der Waals surface area contributed by atoms with Gasteiger partial charge in [-0.3, -0.25) is 13.9 Å². The third-order valence-electron chi connectivity index (χ3n) is 5.49. The van der Waals surface area contributed by atoms with Crippen molar-refractivity contribution < 1.29 is 31.2 Å². The maximum Gasteiger partial charge on any atom is 0.243 e. The van der Waals surface area contributed by atoms with Gasteiger partial charge in [0.2, 0.25) is 21.8 Å². The fraction of sp³-hybridized carbons (Fsp3) is 0.462. The van der Waals surface area contributed by atoms with Gasteiger partial charge >= 0.3 is 0 Å². The molecule has 0 bridgehead atoms. The van der Waals surface area contributed by atoms with Crippen molar-refractivity contribution in [2.75, 3.05) is 17.1 Å². The van der Waals surface area contributed by atoms with Gasteiger partial charge in [0.25, 0.3) is 0 Å². The van der Waals surface area contributed by atoms with Gasteiger partial charge in [-0.2, -0.15) is 0 Å². The molecule has 204 valence electrons. The van der Waals surface area contributed by atoms with Crippen LogP contribution < -0.4 is 9.62 Å². The molecule has 37 heavy (non-hydrogen) atoms. The van der Waals surface area contributed by atoms with E-state index in [1.807, 2.05) is 20.8 Å². The molecule has 2 aromatic rings. The van der Waals surface area contributed by atoms with Gasteiger partial charge < -0.3 is 10.2 Å². The van der Waals surface area contributed by atoms with Crippen LogP contribution >= 0.6 is 0 Å². The van der Waals surface area contributed by atoms with E-state index >= 15 is 0 Å². The summed E-state index contributed by atoms with van der Waals surface area (Å²) in [6.45, 7) is 7.12.